The van der Waals surface area contributed by atoms with Crippen LogP contribution in [-0.4, -0.2) is 41.3 Å². The number of rotatable bonds is 6. The van der Waals surface area contributed by atoms with Gasteiger partial charge in [0.1, 0.15) is 12.3 Å². The topological polar surface area (TPSA) is 56.1 Å². The first kappa shape index (κ1) is 25.0. The van der Waals surface area contributed by atoms with Crippen molar-refractivity contribution in [2.45, 2.75) is 83.3 Å². The molecule has 2 fully saturated rings. The first-order valence-electron chi connectivity index (χ1n) is 13.2. The molecular formula is C29H39N3O3Si. The number of carbonyl (C=O) groups excluding carboxylic acids is 1. The summed E-state index contributed by atoms with van der Waals surface area (Å²) in [5.41, 5.74) is 4.15. The molecule has 1 aliphatic heterocycles. The molecular weight excluding hydrogens is 466 g/mol. The number of pyridine rings is 1. The van der Waals surface area contributed by atoms with Crippen LogP contribution in [0.2, 0.25) is 18.1 Å². The number of hydrogen-bond donors (Lipinski definition) is 0. The molecule has 1 amide bonds. The molecule has 1 aromatic carbocycles. The molecule has 36 heavy (non-hydrogen) atoms. The zero-order chi connectivity index (χ0) is 25.7. The molecule has 4 atom stereocenters. The van der Waals surface area contributed by atoms with Gasteiger partial charge in [-0.2, -0.15) is 0 Å². The third-order valence-corrected chi connectivity index (χ3v) is 12.9. The smallest absolute Gasteiger partial charge is 0.410 e. The molecule has 1 saturated heterocycles. The van der Waals surface area contributed by atoms with Gasteiger partial charge in [0.25, 0.3) is 0 Å². The van der Waals surface area contributed by atoms with Gasteiger partial charge in [-0.1, -0.05) is 64.1 Å². The summed E-state index contributed by atoms with van der Waals surface area (Å²) in [4.78, 5) is 20.1. The van der Waals surface area contributed by atoms with E-state index in [4.69, 9.17) is 14.1 Å². The van der Waals surface area contributed by atoms with Crippen molar-refractivity contribution in [3.05, 3.63) is 71.7 Å². The van der Waals surface area contributed by atoms with Gasteiger partial charge in [-0.05, 0) is 53.6 Å². The second-order valence-corrected chi connectivity index (χ2v) is 16.9. The Kier molecular flexibility index (Phi) is 6.49. The van der Waals surface area contributed by atoms with Crippen molar-refractivity contribution in [2.75, 3.05) is 6.54 Å². The standard InChI is InChI=1S/C29H39N3O3Si/c1-20-14-24(20)22-12-13-27-30-25(18-31(27)16-22)26-15-23(35-36(5,6)29(2,3)4)17-32(26)28(33)34-19-21-10-8-7-9-11-21/h7-13,16,18,20,23-24,26H,14-15,17,19H2,1-6H3/t20?,23-,24?,26+/m0/s1. The van der Waals surface area contributed by atoms with Crippen LogP contribution in [0.4, 0.5) is 4.79 Å². The third-order valence-electron chi connectivity index (χ3n) is 8.34. The number of likely N-dealkylation sites (tertiary alicyclic amines) is 1. The number of aromatic nitrogens is 2. The fraction of sp³-hybridized carbons (Fsp3) is 0.517. The van der Waals surface area contributed by atoms with Crippen LogP contribution in [0.3, 0.4) is 0 Å². The minimum absolute atomic E-state index is 0.0344. The van der Waals surface area contributed by atoms with Crippen LogP contribution in [0.1, 0.15) is 69.3 Å². The second-order valence-electron chi connectivity index (χ2n) is 12.2. The highest BCUT2D eigenvalue weighted by Crippen LogP contribution is 2.47. The Morgan fingerprint density at radius 1 is 1.08 bits per heavy atom. The van der Waals surface area contributed by atoms with Crippen LogP contribution in [0, 0.1) is 5.92 Å². The molecule has 0 spiro atoms. The molecule has 0 radical (unpaired) electrons. The van der Waals surface area contributed by atoms with E-state index in [1.807, 2.05) is 35.2 Å². The predicted octanol–water partition coefficient (Wildman–Crippen LogP) is 6.93. The van der Waals surface area contributed by atoms with E-state index in [-0.39, 0.29) is 29.9 Å². The molecule has 0 N–H and O–H groups in total. The molecule has 0 bridgehead atoms. The zero-order valence-corrected chi connectivity index (χ0v) is 23.4. The van der Waals surface area contributed by atoms with Crippen molar-refractivity contribution in [3.63, 3.8) is 0 Å². The Hall–Kier alpha value is -2.64. The molecule has 1 saturated carbocycles. The van der Waals surface area contributed by atoms with Gasteiger partial charge < -0.3 is 13.6 Å². The average Bonchev–Trinajstić information content (AvgIpc) is 3.22. The highest BCUT2D eigenvalue weighted by Gasteiger charge is 2.45. The van der Waals surface area contributed by atoms with Gasteiger partial charge in [0.2, 0.25) is 0 Å². The van der Waals surface area contributed by atoms with Gasteiger partial charge in [0.05, 0.1) is 17.8 Å². The maximum absolute atomic E-state index is 13.3. The highest BCUT2D eigenvalue weighted by molar-refractivity contribution is 6.74. The van der Waals surface area contributed by atoms with Gasteiger partial charge in [0.15, 0.2) is 8.32 Å². The number of fused-ring (bicyclic) bond motifs is 1. The number of nitrogens with zero attached hydrogens (tertiary/aromatic N) is 3. The van der Waals surface area contributed by atoms with Crippen LogP contribution in [-0.2, 0) is 15.8 Å². The van der Waals surface area contributed by atoms with Crippen molar-refractivity contribution in [3.8, 4) is 0 Å². The lowest BCUT2D eigenvalue weighted by atomic mass is 10.1. The van der Waals surface area contributed by atoms with Gasteiger partial charge >= 0.3 is 6.09 Å². The largest absolute Gasteiger partial charge is 0.445 e. The summed E-state index contributed by atoms with van der Waals surface area (Å²) in [6.07, 6.45) is 5.92. The van der Waals surface area contributed by atoms with Crippen LogP contribution in [0.25, 0.3) is 5.65 Å². The Bertz CT molecular complexity index is 1230. The first-order chi connectivity index (χ1) is 17.0. The van der Waals surface area contributed by atoms with E-state index in [9.17, 15) is 4.79 Å². The molecule has 3 heterocycles. The van der Waals surface area contributed by atoms with E-state index < -0.39 is 8.32 Å². The normalized spacial score (nSPS) is 24.3. The fourth-order valence-electron chi connectivity index (χ4n) is 4.96. The maximum Gasteiger partial charge on any atom is 0.410 e. The fourth-order valence-corrected chi connectivity index (χ4v) is 6.31. The van der Waals surface area contributed by atoms with Crippen LogP contribution in [0.15, 0.2) is 54.9 Å². The minimum atomic E-state index is -1.99. The summed E-state index contributed by atoms with van der Waals surface area (Å²) >= 11 is 0. The van der Waals surface area contributed by atoms with Crippen molar-refractivity contribution in [2.24, 2.45) is 5.92 Å². The summed E-state index contributed by atoms with van der Waals surface area (Å²) in [7, 11) is -1.99. The number of imidazole rings is 1. The molecule has 2 aliphatic rings. The van der Waals surface area contributed by atoms with Gasteiger partial charge in [-0.3, -0.25) is 4.90 Å². The Morgan fingerprint density at radius 2 is 1.81 bits per heavy atom. The van der Waals surface area contributed by atoms with Gasteiger partial charge in [-0.15, -0.1) is 0 Å². The van der Waals surface area contributed by atoms with E-state index in [2.05, 4.69) is 69.7 Å². The highest BCUT2D eigenvalue weighted by atomic mass is 28.4. The van der Waals surface area contributed by atoms with Crippen LogP contribution in [0.5, 0.6) is 0 Å². The van der Waals surface area contributed by atoms with E-state index >= 15 is 0 Å². The van der Waals surface area contributed by atoms with Crippen LogP contribution >= 0.6 is 0 Å². The summed E-state index contributed by atoms with van der Waals surface area (Å²) in [5.74, 6) is 1.40. The van der Waals surface area contributed by atoms with Gasteiger partial charge in [0, 0.05) is 25.4 Å². The molecule has 2 unspecified atom stereocenters. The summed E-state index contributed by atoms with van der Waals surface area (Å²) < 4.78 is 14.6. The first-order valence-corrected chi connectivity index (χ1v) is 16.1. The molecule has 3 aromatic rings. The lowest BCUT2D eigenvalue weighted by Crippen LogP contribution is -2.44. The predicted molar refractivity (Wildman–Crippen MR) is 144 cm³/mol. The summed E-state index contributed by atoms with van der Waals surface area (Å²) in [6.45, 7) is 14.4. The number of carbonyl (C=O) groups is 1. The third kappa shape index (κ3) is 5.09. The SMILES string of the molecule is CC1CC1c1ccc2nc([C@H]3C[C@H](O[Si](C)(C)C(C)(C)C)CN3C(=O)OCc3ccccc3)cn2c1. The Morgan fingerprint density at radius 3 is 2.47 bits per heavy atom. The van der Waals surface area contributed by atoms with Crippen molar-refractivity contribution in [1.82, 2.24) is 14.3 Å². The summed E-state index contributed by atoms with van der Waals surface area (Å²) in [6, 6.07) is 13.9. The Balaban J connectivity index is 1.39. The number of benzene rings is 1. The molecule has 1 aliphatic carbocycles. The number of ether oxygens (including phenoxy) is 1. The monoisotopic (exact) mass is 505 g/mol. The Labute approximate surface area is 215 Å². The van der Waals surface area contributed by atoms with E-state index in [1.54, 1.807) is 0 Å². The molecule has 7 heteroatoms. The number of amides is 1. The van der Waals surface area contributed by atoms with E-state index in [0.717, 1.165) is 29.2 Å². The maximum atomic E-state index is 13.3. The van der Waals surface area contributed by atoms with Crippen molar-refractivity contribution in [1.29, 1.82) is 0 Å². The molecule has 2 aromatic heterocycles. The lowest BCUT2D eigenvalue weighted by molar-refractivity contribution is 0.0878. The number of hydrogen-bond acceptors (Lipinski definition) is 4. The molecule has 5 rings (SSSR count). The quantitative estimate of drug-likeness (QED) is 0.341. The van der Waals surface area contributed by atoms with Crippen molar-refractivity contribution < 1.29 is 14.0 Å². The second kappa shape index (κ2) is 9.34. The lowest BCUT2D eigenvalue weighted by Gasteiger charge is -2.38. The van der Waals surface area contributed by atoms with E-state index in [1.165, 1.54) is 12.0 Å². The summed E-state index contributed by atoms with van der Waals surface area (Å²) in [5, 5.41) is 0.100. The average molecular weight is 506 g/mol. The van der Waals surface area contributed by atoms with E-state index in [0.29, 0.717) is 12.5 Å². The minimum Gasteiger partial charge on any atom is -0.445 e. The van der Waals surface area contributed by atoms with Gasteiger partial charge in [-0.25, -0.2) is 9.78 Å². The zero-order valence-electron chi connectivity index (χ0n) is 22.4. The van der Waals surface area contributed by atoms with Crippen molar-refractivity contribution >= 4 is 20.1 Å². The molecule has 6 nitrogen and oxygen atoms in total. The van der Waals surface area contributed by atoms with Crippen LogP contribution < -0.4 is 0 Å². The molecule has 192 valence electrons.